The molecule has 4 aromatic rings. The molecule has 5 rings (SSSR count). The van der Waals surface area contributed by atoms with Gasteiger partial charge in [-0.15, -0.1) is 0 Å². The first kappa shape index (κ1) is 28.6. The molecule has 0 unspecified atom stereocenters. The molecular formula is C34H36O5S. The predicted octanol–water partition coefficient (Wildman–Crippen LogP) is 6.56. The summed E-state index contributed by atoms with van der Waals surface area (Å²) in [5, 5.41) is 11.6. The fraction of sp³-hybridized carbons (Fsp3) is 0.294. The Labute approximate surface area is 241 Å². The highest BCUT2D eigenvalue weighted by atomic mass is 32.2. The Bertz CT molecular complexity index is 1270. The van der Waals surface area contributed by atoms with E-state index in [0.29, 0.717) is 26.4 Å². The van der Waals surface area contributed by atoms with E-state index >= 15 is 0 Å². The molecule has 0 bridgehead atoms. The van der Waals surface area contributed by atoms with E-state index in [-0.39, 0.29) is 0 Å². The summed E-state index contributed by atoms with van der Waals surface area (Å²) in [4.78, 5) is 1.02. The first-order valence-electron chi connectivity index (χ1n) is 13.7. The molecule has 1 N–H and O–H groups in total. The van der Waals surface area contributed by atoms with Crippen LogP contribution in [-0.4, -0.2) is 41.6 Å². The third-order valence-electron chi connectivity index (χ3n) is 6.85. The second-order valence-electron chi connectivity index (χ2n) is 9.99. The summed E-state index contributed by atoms with van der Waals surface area (Å²) in [5.74, 6) is 0. The Morgan fingerprint density at radius 1 is 0.650 bits per heavy atom. The van der Waals surface area contributed by atoms with Crippen LogP contribution in [0.1, 0.15) is 22.3 Å². The molecule has 6 heteroatoms. The number of ether oxygens (including phenoxy) is 4. The minimum atomic E-state index is -0.916. The van der Waals surface area contributed by atoms with Crippen LogP contribution in [0.3, 0.4) is 0 Å². The van der Waals surface area contributed by atoms with Crippen LogP contribution in [0.5, 0.6) is 0 Å². The second-order valence-corrected chi connectivity index (χ2v) is 11.2. The molecule has 0 radical (unpaired) electrons. The van der Waals surface area contributed by atoms with Crippen molar-refractivity contribution in [2.75, 3.05) is 6.61 Å². The minimum Gasteiger partial charge on any atom is -0.387 e. The first-order chi connectivity index (χ1) is 19.7. The van der Waals surface area contributed by atoms with Gasteiger partial charge in [0.15, 0.2) is 0 Å². The van der Waals surface area contributed by atoms with Gasteiger partial charge in [-0.05, 0) is 35.7 Å². The van der Waals surface area contributed by atoms with Gasteiger partial charge in [0, 0.05) is 4.90 Å². The van der Waals surface area contributed by atoms with Crippen molar-refractivity contribution >= 4 is 11.8 Å². The lowest BCUT2D eigenvalue weighted by Gasteiger charge is -2.44. The number of aliphatic hydroxyl groups is 1. The van der Waals surface area contributed by atoms with E-state index in [2.05, 4.69) is 31.2 Å². The Morgan fingerprint density at radius 3 is 1.70 bits per heavy atom. The Morgan fingerprint density at radius 2 is 1.15 bits per heavy atom. The lowest BCUT2D eigenvalue weighted by atomic mass is 9.99. The maximum Gasteiger partial charge on any atom is 0.136 e. The first-order valence-corrected chi connectivity index (χ1v) is 14.5. The topological polar surface area (TPSA) is 57.2 Å². The molecule has 5 nitrogen and oxygen atoms in total. The van der Waals surface area contributed by atoms with Gasteiger partial charge in [0.1, 0.15) is 29.9 Å². The van der Waals surface area contributed by atoms with Gasteiger partial charge in [0.25, 0.3) is 0 Å². The van der Waals surface area contributed by atoms with E-state index in [9.17, 15) is 5.11 Å². The van der Waals surface area contributed by atoms with Gasteiger partial charge in [-0.25, -0.2) is 0 Å². The van der Waals surface area contributed by atoms with Crippen LogP contribution in [0.15, 0.2) is 120 Å². The van der Waals surface area contributed by atoms with E-state index in [1.807, 2.05) is 91.0 Å². The fourth-order valence-corrected chi connectivity index (χ4v) is 5.72. The molecule has 40 heavy (non-hydrogen) atoms. The summed E-state index contributed by atoms with van der Waals surface area (Å²) in [6.45, 7) is 3.55. The van der Waals surface area contributed by atoms with Crippen molar-refractivity contribution in [3.8, 4) is 0 Å². The molecule has 0 spiro atoms. The van der Waals surface area contributed by atoms with Crippen LogP contribution < -0.4 is 0 Å². The van der Waals surface area contributed by atoms with Crippen molar-refractivity contribution in [3.05, 3.63) is 138 Å². The smallest absolute Gasteiger partial charge is 0.136 e. The zero-order valence-electron chi connectivity index (χ0n) is 22.7. The van der Waals surface area contributed by atoms with Gasteiger partial charge < -0.3 is 24.1 Å². The molecule has 5 atom stereocenters. The van der Waals surface area contributed by atoms with Gasteiger partial charge in [0.2, 0.25) is 0 Å². The number of thioether (sulfide) groups is 1. The standard InChI is InChI=1S/C34H36O5S/c1-25-17-19-29(20-18-25)40-34-31(35)33(38-23-28-15-9-4-10-16-28)32(37-22-27-13-7-3-8-14-27)30(39-34)24-36-21-26-11-5-2-6-12-26/h2-20,30-35H,21-24H2,1H3/t30-,31-,32+,33-,34+/m1/s1. The molecule has 1 aliphatic rings. The second kappa shape index (κ2) is 14.6. The molecule has 1 fully saturated rings. The molecular weight excluding hydrogens is 520 g/mol. The highest BCUT2D eigenvalue weighted by molar-refractivity contribution is 7.99. The normalized spacial score (nSPS) is 22.7. The largest absolute Gasteiger partial charge is 0.387 e. The van der Waals surface area contributed by atoms with Crippen molar-refractivity contribution < 1.29 is 24.1 Å². The number of rotatable bonds is 12. The summed E-state index contributed by atoms with van der Waals surface area (Å²) in [6.07, 6.45) is -2.52. The zero-order valence-corrected chi connectivity index (χ0v) is 23.5. The van der Waals surface area contributed by atoms with Crippen molar-refractivity contribution in [2.45, 2.75) is 61.5 Å². The number of hydrogen-bond acceptors (Lipinski definition) is 6. The average molecular weight is 557 g/mol. The van der Waals surface area contributed by atoms with Gasteiger partial charge in [-0.1, -0.05) is 120 Å². The summed E-state index contributed by atoms with van der Waals surface area (Å²) in [7, 11) is 0. The van der Waals surface area contributed by atoms with Gasteiger partial charge in [0.05, 0.1) is 26.4 Å². The molecule has 0 saturated carbocycles. The van der Waals surface area contributed by atoms with E-state index in [1.165, 1.54) is 17.3 Å². The Balaban J connectivity index is 1.37. The van der Waals surface area contributed by atoms with E-state index in [4.69, 9.17) is 18.9 Å². The van der Waals surface area contributed by atoms with Gasteiger partial charge >= 0.3 is 0 Å². The highest BCUT2D eigenvalue weighted by Gasteiger charge is 2.47. The monoisotopic (exact) mass is 556 g/mol. The summed E-state index contributed by atoms with van der Waals surface area (Å²) < 4.78 is 25.6. The lowest BCUT2D eigenvalue weighted by Crippen LogP contribution is -2.59. The molecule has 0 amide bonds. The average Bonchev–Trinajstić information content (AvgIpc) is 3.00. The SMILES string of the molecule is Cc1ccc(S[C@@H]2O[C@H](COCc3ccccc3)[C@H](OCc3ccccc3)[C@H](OCc3ccccc3)[C@H]2O)cc1. The van der Waals surface area contributed by atoms with Crippen LogP contribution in [0.2, 0.25) is 0 Å². The summed E-state index contributed by atoms with van der Waals surface area (Å²) in [6, 6.07) is 38.3. The maximum absolute atomic E-state index is 11.6. The zero-order chi connectivity index (χ0) is 27.6. The molecule has 0 aliphatic carbocycles. The molecule has 1 aliphatic heterocycles. The number of aryl methyl sites for hydroxylation is 1. The van der Waals surface area contributed by atoms with Crippen LogP contribution in [0, 0.1) is 6.92 Å². The van der Waals surface area contributed by atoms with Crippen LogP contribution in [-0.2, 0) is 38.8 Å². The summed E-state index contributed by atoms with van der Waals surface area (Å²) in [5.41, 5.74) is 3.79. The fourth-order valence-electron chi connectivity index (χ4n) is 4.67. The predicted molar refractivity (Wildman–Crippen MR) is 158 cm³/mol. The van der Waals surface area contributed by atoms with Crippen molar-refractivity contribution in [1.82, 2.24) is 0 Å². The third-order valence-corrected chi connectivity index (χ3v) is 8.02. The Hall–Kier alpha value is -2.97. The highest BCUT2D eigenvalue weighted by Crippen LogP contribution is 2.36. The number of hydrogen-bond donors (Lipinski definition) is 1. The van der Waals surface area contributed by atoms with Gasteiger partial charge in [-0.2, -0.15) is 0 Å². The molecule has 1 heterocycles. The quantitative estimate of drug-likeness (QED) is 0.213. The van der Waals surface area contributed by atoms with E-state index in [0.717, 1.165) is 21.6 Å². The van der Waals surface area contributed by atoms with Crippen molar-refractivity contribution in [1.29, 1.82) is 0 Å². The molecule has 1 saturated heterocycles. The summed E-state index contributed by atoms with van der Waals surface area (Å²) >= 11 is 1.49. The van der Waals surface area contributed by atoms with E-state index in [1.54, 1.807) is 0 Å². The number of aliphatic hydroxyl groups excluding tert-OH is 1. The third kappa shape index (κ3) is 8.04. The molecule has 4 aromatic carbocycles. The minimum absolute atomic E-state index is 0.303. The van der Waals surface area contributed by atoms with Crippen molar-refractivity contribution in [2.24, 2.45) is 0 Å². The van der Waals surface area contributed by atoms with Crippen molar-refractivity contribution in [3.63, 3.8) is 0 Å². The molecule has 208 valence electrons. The Kier molecular flexibility index (Phi) is 10.4. The molecule has 0 aromatic heterocycles. The van der Waals surface area contributed by atoms with Crippen LogP contribution >= 0.6 is 11.8 Å². The van der Waals surface area contributed by atoms with Crippen LogP contribution in [0.4, 0.5) is 0 Å². The van der Waals surface area contributed by atoms with E-state index < -0.39 is 29.9 Å². The van der Waals surface area contributed by atoms with Gasteiger partial charge in [-0.3, -0.25) is 0 Å². The maximum atomic E-state index is 11.6. The lowest BCUT2D eigenvalue weighted by molar-refractivity contribution is -0.243. The van der Waals surface area contributed by atoms with Crippen LogP contribution in [0.25, 0.3) is 0 Å². The number of benzene rings is 4.